The SMILES string of the molecule is CN1C[C@@H](COCC2CC2)[C@]2(CCN(C(=O)C3CC(O)C3)C2)C1.O=C(O)C(F)(F)F. The molecule has 2 saturated heterocycles. The highest BCUT2D eigenvalue weighted by Gasteiger charge is 2.51. The van der Waals surface area contributed by atoms with Crippen molar-refractivity contribution in [2.24, 2.45) is 23.2 Å². The van der Waals surface area contributed by atoms with Crippen LogP contribution in [0.25, 0.3) is 0 Å². The summed E-state index contributed by atoms with van der Waals surface area (Å²) >= 11 is 0. The van der Waals surface area contributed by atoms with Crippen molar-refractivity contribution in [1.82, 2.24) is 9.80 Å². The number of carboxylic acids is 1. The third-order valence-corrected chi connectivity index (χ3v) is 6.75. The summed E-state index contributed by atoms with van der Waals surface area (Å²) in [6.07, 6.45) is -0.222. The molecule has 0 aromatic heterocycles. The Kier molecular flexibility index (Phi) is 6.98. The number of aliphatic hydroxyl groups excluding tert-OH is 1. The normalized spacial score (nSPS) is 33.9. The molecule has 1 amide bonds. The predicted octanol–water partition coefficient (Wildman–Crippen LogP) is 1.60. The fourth-order valence-electron chi connectivity index (χ4n) is 4.79. The maximum atomic E-state index is 12.6. The molecular weight excluding hydrogens is 405 g/mol. The summed E-state index contributed by atoms with van der Waals surface area (Å²) in [7, 11) is 2.19. The van der Waals surface area contributed by atoms with Crippen LogP contribution in [-0.2, 0) is 14.3 Å². The second kappa shape index (κ2) is 9.00. The quantitative estimate of drug-likeness (QED) is 0.681. The molecule has 1 spiro atoms. The highest BCUT2D eigenvalue weighted by atomic mass is 19.4. The molecule has 0 aromatic rings. The van der Waals surface area contributed by atoms with Crippen molar-refractivity contribution in [2.45, 2.75) is 44.4 Å². The Morgan fingerprint density at radius 3 is 2.33 bits per heavy atom. The number of rotatable bonds is 5. The van der Waals surface area contributed by atoms with Gasteiger partial charge in [0.25, 0.3) is 0 Å². The molecule has 2 aliphatic heterocycles. The molecule has 10 heteroatoms. The van der Waals surface area contributed by atoms with Crippen molar-refractivity contribution in [2.75, 3.05) is 46.4 Å². The molecule has 30 heavy (non-hydrogen) atoms. The Morgan fingerprint density at radius 2 is 1.80 bits per heavy atom. The van der Waals surface area contributed by atoms with E-state index in [9.17, 15) is 23.1 Å². The Balaban J connectivity index is 0.000000318. The van der Waals surface area contributed by atoms with Gasteiger partial charge in [0.05, 0.1) is 12.7 Å². The van der Waals surface area contributed by atoms with Gasteiger partial charge in [0.1, 0.15) is 0 Å². The molecule has 0 radical (unpaired) electrons. The molecule has 4 aliphatic rings. The predicted molar refractivity (Wildman–Crippen MR) is 101 cm³/mol. The standard InChI is InChI=1S/C18H30N2O3.C2HF3O2/c1-19-8-15(10-23-9-13-2-3-13)18(11-19)4-5-20(12-18)17(22)14-6-16(21)7-14;3-2(4,5)1(6)7/h13-16,21H,2-12H2,1H3;(H,6,7)/t14?,15-,16?,18+;/m0./s1. The van der Waals surface area contributed by atoms with Crippen LogP contribution >= 0.6 is 0 Å². The summed E-state index contributed by atoms with van der Waals surface area (Å²) < 4.78 is 37.7. The van der Waals surface area contributed by atoms with Crippen LogP contribution in [0.5, 0.6) is 0 Å². The molecular formula is C20H31F3N2O5. The molecule has 0 unspecified atom stereocenters. The molecule has 7 nitrogen and oxygen atoms in total. The van der Waals surface area contributed by atoms with Gasteiger partial charge >= 0.3 is 12.1 Å². The monoisotopic (exact) mass is 436 g/mol. The molecule has 2 atom stereocenters. The first-order chi connectivity index (χ1) is 14.0. The van der Waals surface area contributed by atoms with Gasteiger partial charge in [0.2, 0.25) is 5.91 Å². The number of aliphatic carboxylic acids is 1. The van der Waals surface area contributed by atoms with E-state index in [1.807, 2.05) is 0 Å². The van der Waals surface area contributed by atoms with E-state index in [2.05, 4.69) is 16.8 Å². The Hall–Kier alpha value is -1.39. The first kappa shape index (κ1) is 23.3. The fraction of sp³-hybridized carbons (Fsp3) is 0.900. The van der Waals surface area contributed by atoms with Crippen LogP contribution in [0.3, 0.4) is 0 Å². The molecule has 2 aliphatic carbocycles. The van der Waals surface area contributed by atoms with Crippen molar-refractivity contribution in [3.63, 3.8) is 0 Å². The second-order valence-corrected chi connectivity index (χ2v) is 9.37. The van der Waals surface area contributed by atoms with E-state index < -0.39 is 12.1 Å². The number of carboxylic acid groups (broad SMARTS) is 1. The number of nitrogens with zero attached hydrogens (tertiary/aromatic N) is 2. The maximum absolute atomic E-state index is 12.6. The molecule has 0 bridgehead atoms. The third kappa shape index (κ3) is 5.64. The number of halogens is 3. The number of hydrogen-bond donors (Lipinski definition) is 2. The average molecular weight is 436 g/mol. The van der Waals surface area contributed by atoms with Gasteiger partial charge in [-0.1, -0.05) is 0 Å². The number of hydrogen-bond acceptors (Lipinski definition) is 5. The van der Waals surface area contributed by atoms with Crippen LogP contribution < -0.4 is 0 Å². The minimum absolute atomic E-state index is 0.0730. The van der Waals surface area contributed by atoms with Gasteiger partial charge in [-0.25, -0.2) is 4.79 Å². The van der Waals surface area contributed by atoms with Crippen molar-refractivity contribution < 1.29 is 37.7 Å². The van der Waals surface area contributed by atoms with E-state index in [-0.39, 0.29) is 23.3 Å². The average Bonchev–Trinajstić information content (AvgIpc) is 3.27. The van der Waals surface area contributed by atoms with Crippen LogP contribution in [0.4, 0.5) is 13.2 Å². The number of likely N-dealkylation sites (tertiary alicyclic amines) is 2. The van der Waals surface area contributed by atoms with Crippen molar-refractivity contribution in [1.29, 1.82) is 0 Å². The summed E-state index contributed by atoms with van der Waals surface area (Å²) in [4.78, 5) is 26.0. The van der Waals surface area contributed by atoms with Crippen molar-refractivity contribution >= 4 is 11.9 Å². The number of carbonyl (C=O) groups is 2. The Bertz CT molecular complexity index is 636. The van der Waals surface area contributed by atoms with Gasteiger partial charge in [-0.2, -0.15) is 13.2 Å². The van der Waals surface area contributed by atoms with Crippen molar-refractivity contribution in [3.05, 3.63) is 0 Å². The minimum atomic E-state index is -5.08. The van der Waals surface area contributed by atoms with Crippen LogP contribution in [0.1, 0.15) is 32.1 Å². The van der Waals surface area contributed by atoms with Gasteiger partial charge in [0, 0.05) is 50.0 Å². The zero-order chi connectivity index (χ0) is 22.1. The largest absolute Gasteiger partial charge is 0.490 e. The van der Waals surface area contributed by atoms with Gasteiger partial charge in [-0.05, 0) is 45.1 Å². The second-order valence-electron chi connectivity index (χ2n) is 9.37. The van der Waals surface area contributed by atoms with Gasteiger partial charge < -0.3 is 24.7 Å². The number of amides is 1. The zero-order valence-electron chi connectivity index (χ0n) is 17.2. The van der Waals surface area contributed by atoms with Gasteiger partial charge in [0.15, 0.2) is 0 Å². The first-order valence-electron chi connectivity index (χ1n) is 10.5. The smallest absolute Gasteiger partial charge is 0.475 e. The topological polar surface area (TPSA) is 90.3 Å². The number of alkyl halides is 3. The number of aliphatic hydroxyl groups is 1. The highest BCUT2D eigenvalue weighted by molar-refractivity contribution is 5.80. The lowest BCUT2D eigenvalue weighted by Crippen LogP contribution is -2.44. The summed E-state index contributed by atoms with van der Waals surface area (Å²) in [6, 6.07) is 0. The van der Waals surface area contributed by atoms with Crippen LogP contribution in [-0.4, -0.2) is 90.6 Å². The molecule has 2 N–H and O–H groups in total. The van der Waals surface area contributed by atoms with Crippen LogP contribution in [0.2, 0.25) is 0 Å². The molecule has 2 heterocycles. The van der Waals surface area contributed by atoms with E-state index >= 15 is 0 Å². The summed E-state index contributed by atoms with van der Waals surface area (Å²) in [5, 5.41) is 16.6. The van der Waals surface area contributed by atoms with E-state index in [4.69, 9.17) is 14.6 Å². The van der Waals surface area contributed by atoms with E-state index in [1.54, 1.807) is 0 Å². The molecule has 4 rings (SSSR count). The van der Waals surface area contributed by atoms with Gasteiger partial charge in [-0.3, -0.25) is 4.79 Å². The Labute approximate surface area is 174 Å². The molecule has 4 fully saturated rings. The Morgan fingerprint density at radius 1 is 1.17 bits per heavy atom. The number of ether oxygens (including phenoxy) is 1. The lowest BCUT2D eigenvalue weighted by atomic mass is 9.77. The van der Waals surface area contributed by atoms with Crippen LogP contribution in [0, 0.1) is 23.2 Å². The fourth-order valence-corrected chi connectivity index (χ4v) is 4.79. The third-order valence-electron chi connectivity index (χ3n) is 6.75. The van der Waals surface area contributed by atoms with Crippen LogP contribution in [0.15, 0.2) is 0 Å². The maximum Gasteiger partial charge on any atom is 0.490 e. The highest BCUT2D eigenvalue weighted by Crippen LogP contribution is 2.45. The molecule has 172 valence electrons. The summed E-state index contributed by atoms with van der Waals surface area (Å²) in [5.41, 5.74) is 0.232. The molecule has 2 saturated carbocycles. The lowest BCUT2D eigenvalue weighted by molar-refractivity contribution is -0.192. The molecule has 0 aromatic carbocycles. The van der Waals surface area contributed by atoms with E-state index in [1.165, 1.54) is 12.8 Å². The van der Waals surface area contributed by atoms with E-state index in [0.717, 1.165) is 51.7 Å². The lowest BCUT2D eigenvalue weighted by Gasteiger charge is -2.35. The van der Waals surface area contributed by atoms with Gasteiger partial charge in [-0.15, -0.1) is 0 Å². The first-order valence-corrected chi connectivity index (χ1v) is 10.5. The number of carbonyl (C=O) groups excluding carboxylic acids is 1. The summed E-state index contributed by atoms with van der Waals surface area (Å²) in [5.74, 6) is -1.04. The van der Waals surface area contributed by atoms with Crippen molar-refractivity contribution in [3.8, 4) is 0 Å². The zero-order valence-corrected chi connectivity index (χ0v) is 17.2. The summed E-state index contributed by atoms with van der Waals surface area (Å²) in [6.45, 7) is 5.74. The van der Waals surface area contributed by atoms with E-state index in [0.29, 0.717) is 18.8 Å². The minimum Gasteiger partial charge on any atom is -0.475 e.